The number of guanidine groups is 1. The summed E-state index contributed by atoms with van der Waals surface area (Å²) in [6.07, 6.45) is 2.08. The van der Waals surface area contributed by atoms with Crippen LogP contribution >= 0.6 is 0 Å². The topological polar surface area (TPSA) is 65.5 Å². The number of hydrogen-bond donors (Lipinski definition) is 3. The van der Waals surface area contributed by atoms with Crippen LogP contribution in [0.5, 0.6) is 0 Å². The van der Waals surface area contributed by atoms with E-state index in [-0.39, 0.29) is 5.91 Å². The van der Waals surface area contributed by atoms with E-state index in [2.05, 4.69) is 40.0 Å². The van der Waals surface area contributed by atoms with Crippen molar-refractivity contribution in [3.05, 3.63) is 71.3 Å². The van der Waals surface area contributed by atoms with E-state index in [0.717, 1.165) is 37.5 Å². The summed E-state index contributed by atoms with van der Waals surface area (Å²) in [5.41, 5.74) is 2.97. The Morgan fingerprint density at radius 2 is 1.63 bits per heavy atom. The highest BCUT2D eigenvalue weighted by atomic mass is 16.1. The minimum atomic E-state index is -0.0132. The third-order valence-electron chi connectivity index (χ3n) is 4.10. The number of carbonyl (C=O) groups excluding carboxylic acids is 1. The van der Waals surface area contributed by atoms with Crippen molar-refractivity contribution in [3.63, 3.8) is 0 Å². The van der Waals surface area contributed by atoms with Gasteiger partial charge in [0.1, 0.15) is 0 Å². The van der Waals surface area contributed by atoms with E-state index in [9.17, 15) is 4.79 Å². The van der Waals surface area contributed by atoms with Gasteiger partial charge < -0.3 is 16.0 Å². The van der Waals surface area contributed by atoms with Crippen LogP contribution < -0.4 is 16.0 Å². The molecular formula is C22H30N4O. The molecule has 27 heavy (non-hydrogen) atoms. The molecule has 0 aliphatic rings. The SMILES string of the molecule is CCCCNC(=O)c1ccc(CNC(=NCc2ccccc2)NCC)cc1. The number of carbonyl (C=O) groups is 1. The molecule has 144 valence electrons. The molecule has 1 amide bonds. The zero-order valence-corrected chi connectivity index (χ0v) is 16.3. The normalized spacial score (nSPS) is 11.1. The number of unbranched alkanes of at least 4 members (excludes halogenated alkanes) is 1. The summed E-state index contributed by atoms with van der Waals surface area (Å²) in [5.74, 6) is 0.767. The van der Waals surface area contributed by atoms with Crippen LogP contribution in [0.2, 0.25) is 0 Å². The lowest BCUT2D eigenvalue weighted by Crippen LogP contribution is -2.36. The molecule has 2 aromatic rings. The Balaban J connectivity index is 1.88. The molecular weight excluding hydrogens is 336 g/mol. The van der Waals surface area contributed by atoms with Crippen LogP contribution in [0.3, 0.4) is 0 Å². The quantitative estimate of drug-likeness (QED) is 0.362. The average molecular weight is 367 g/mol. The van der Waals surface area contributed by atoms with Gasteiger partial charge in [0.2, 0.25) is 0 Å². The van der Waals surface area contributed by atoms with Crippen LogP contribution in [0, 0.1) is 0 Å². The summed E-state index contributed by atoms with van der Waals surface area (Å²) in [6, 6.07) is 17.9. The molecule has 2 aromatic carbocycles. The lowest BCUT2D eigenvalue weighted by Gasteiger charge is -2.12. The Bertz CT molecular complexity index is 711. The molecule has 0 radical (unpaired) electrons. The summed E-state index contributed by atoms with van der Waals surface area (Å²) in [5, 5.41) is 9.53. The zero-order chi connectivity index (χ0) is 19.3. The second kappa shape index (κ2) is 11.7. The van der Waals surface area contributed by atoms with Crippen molar-refractivity contribution in [1.82, 2.24) is 16.0 Å². The van der Waals surface area contributed by atoms with E-state index in [4.69, 9.17) is 0 Å². The molecule has 5 heteroatoms. The zero-order valence-electron chi connectivity index (χ0n) is 16.3. The highest BCUT2D eigenvalue weighted by molar-refractivity contribution is 5.94. The molecule has 0 spiro atoms. The Hall–Kier alpha value is -2.82. The maximum absolute atomic E-state index is 12.0. The van der Waals surface area contributed by atoms with Crippen molar-refractivity contribution in [2.75, 3.05) is 13.1 Å². The second-order valence-corrected chi connectivity index (χ2v) is 6.34. The van der Waals surface area contributed by atoms with Crippen molar-refractivity contribution < 1.29 is 4.79 Å². The number of aliphatic imine (C=N–C) groups is 1. The molecule has 0 saturated carbocycles. The van der Waals surface area contributed by atoms with E-state index >= 15 is 0 Å². The maximum Gasteiger partial charge on any atom is 0.251 e. The standard InChI is InChI=1S/C22H30N4O/c1-3-5-15-24-21(27)20-13-11-19(12-14-20)17-26-22(23-4-2)25-16-18-9-7-6-8-10-18/h6-14H,3-5,15-17H2,1-2H3,(H,24,27)(H2,23,25,26). The molecule has 0 heterocycles. The monoisotopic (exact) mass is 366 g/mol. The first-order chi connectivity index (χ1) is 13.2. The number of nitrogens with one attached hydrogen (secondary N) is 3. The van der Waals surface area contributed by atoms with Crippen molar-refractivity contribution in [3.8, 4) is 0 Å². The van der Waals surface area contributed by atoms with Crippen molar-refractivity contribution in [2.45, 2.75) is 39.8 Å². The van der Waals surface area contributed by atoms with Gasteiger partial charge in [-0.25, -0.2) is 4.99 Å². The number of rotatable bonds is 9. The lowest BCUT2D eigenvalue weighted by atomic mass is 10.1. The largest absolute Gasteiger partial charge is 0.357 e. The van der Waals surface area contributed by atoms with Crippen LogP contribution in [0.4, 0.5) is 0 Å². The van der Waals surface area contributed by atoms with E-state index < -0.39 is 0 Å². The highest BCUT2D eigenvalue weighted by Gasteiger charge is 2.05. The first kappa shape index (κ1) is 20.5. The molecule has 2 rings (SSSR count). The molecule has 3 N–H and O–H groups in total. The number of benzene rings is 2. The highest BCUT2D eigenvalue weighted by Crippen LogP contribution is 2.05. The van der Waals surface area contributed by atoms with Gasteiger partial charge in [-0.15, -0.1) is 0 Å². The first-order valence-corrected chi connectivity index (χ1v) is 9.66. The van der Waals surface area contributed by atoms with Gasteiger partial charge in [-0.05, 0) is 36.6 Å². The second-order valence-electron chi connectivity index (χ2n) is 6.34. The summed E-state index contributed by atoms with van der Waals surface area (Å²) >= 11 is 0. The van der Waals surface area contributed by atoms with Gasteiger partial charge in [0, 0.05) is 25.2 Å². The summed E-state index contributed by atoms with van der Waals surface area (Å²) in [7, 11) is 0. The molecule has 5 nitrogen and oxygen atoms in total. The molecule has 0 bridgehead atoms. The van der Waals surface area contributed by atoms with Crippen molar-refractivity contribution in [2.24, 2.45) is 4.99 Å². The van der Waals surface area contributed by atoms with Gasteiger partial charge in [0.05, 0.1) is 6.54 Å². The van der Waals surface area contributed by atoms with Crippen molar-refractivity contribution in [1.29, 1.82) is 0 Å². The van der Waals surface area contributed by atoms with E-state index in [1.807, 2.05) is 49.4 Å². The molecule has 0 fully saturated rings. The minimum Gasteiger partial charge on any atom is -0.357 e. The summed E-state index contributed by atoms with van der Waals surface area (Å²) < 4.78 is 0. The van der Waals surface area contributed by atoms with Gasteiger partial charge in [-0.3, -0.25) is 4.79 Å². The Labute approximate surface area is 162 Å². The summed E-state index contributed by atoms with van der Waals surface area (Å²) in [6.45, 7) is 6.97. The molecule has 0 aliphatic heterocycles. The predicted octanol–water partition coefficient (Wildman–Crippen LogP) is 3.47. The average Bonchev–Trinajstić information content (AvgIpc) is 2.71. The van der Waals surface area contributed by atoms with Crippen LogP contribution in [0.1, 0.15) is 48.2 Å². The molecule has 0 saturated heterocycles. The first-order valence-electron chi connectivity index (χ1n) is 9.66. The fourth-order valence-corrected chi connectivity index (χ4v) is 2.54. The number of hydrogen-bond acceptors (Lipinski definition) is 2. The number of amides is 1. The van der Waals surface area contributed by atoms with Crippen LogP contribution in [-0.4, -0.2) is 25.0 Å². The third kappa shape index (κ3) is 7.52. The van der Waals surface area contributed by atoms with E-state index in [1.165, 1.54) is 5.56 Å². The molecule has 0 atom stereocenters. The van der Waals surface area contributed by atoms with Crippen molar-refractivity contribution >= 4 is 11.9 Å². The Morgan fingerprint density at radius 1 is 0.889 bits per heavy atom. The van der Waals surface area contributed by atoms with E-state index in [1.54, 1.807) is 0 Å². The lowest BCUT2D eigenvalue weighted by molar-refractivity contribution is 0.0953. The van der Waals surface area contributed by atoms with Gasteiger partial charge in [0.25, 0.3) is 5.91 Å². The molecule has 0 unspecified atom stereocenters. The Morgan fingerprint density at radius 3 is 2.30 bits per heavy atom. The van der Waals surface area contributed by atoms with Crippen LogP contribution in [-0.2, 0) is 13.1 Å². The maximum atomic E-state index is 12.0. The van der Waals surface area contributed by atoms with Gasteiger partial charge in [-0.1, -0.05) is 55.8 Å². The van der Waals surface area contributed by atoms with Crippen LogP contribution in [0.15, 0.2) is 59.6 Å². The van der Waals surface area contributed by atoms with E-state index in [0.29, 0.717) is 18.7 Å². The summed E-state index contributed by atoms with van der Waals surface area (Å²) in [4.78, 5) is 16.7. The fraction of sp³-hybridized carbons (Fsp3) is 0.364. The van der Waals surface area contributed by atoms with Gasteiger partial charge >= 0.3 is 0 Å². The predicted molar refractivity (Wildman–Crippen MR) is 112 cm³/mol. The Kier molecular flexibility index (Phi) is 8.90. The molecule has 0 aromatic heterocycles. The minimum absolute atomic E-state index is 0.0132. The smallest absolute Gasteiger partial charge is 0.251 e. The fourth-order valence-electron chi connectivity index (χ4n) is 2.54. The van der Waals surface area contributed by atoms with Gasteiger partial charge in [-0.2, -0.15) is 0 Å². The van der Waals surface area contributed by atoms with Crippen LogP contribution in [0.25, 0.3) is 0 Å². The number of nitrogens with zero attached hydrogens (tertiary/aromatic N) is 1. The molecule has 0 aliphatic carbocycles. The van der Waals surface area contributed by atoms with Gasteiger partial charge in [0.15, 0.2) is 5.96 Å². The third-order valence-corrected chi connectivity index (χ3v) is 4.10.